The van der Waals surface area contributed by atoms with Crippen molar-refractivity contribution in [1.82, 2.24) is 14.7 Å². The van der Waals surface area contributed by atoms with Crippen molar-refractivity contribution in [3.05, 3.63) is 41.6 Å². The van der Waals surface area contributed by atoms with E-state index < -0.39 is 30.5 Å². The zero-order valence-corrected chi connectivity index (χ0v) is 13.1. The lowest BCUT2D eigenvalue weighted by Crippen LogP contribution is -2.22. The zero-order valence-electron chi connectivity index (χ0n) is 13.1. The van der Waals surface area contributed by atoms with Crippen LogP contribution in [0, 0.1) is 0 Å². The van der Waals surface area contributed by atoms with Gasteiger partial charge in [-0.15, -0.1) is 0 Å². The molecule has 0 aliphatic rings. The van der Waals surface area contributed by atoms with Gasteiger partial charge >= 0.3 is 12.4 Å². The summed E-state index contributed by atoms with van der Waals surface area (Å²) in [6.07, 6.45) is -9.64. The lowest BCUT2D eigenvalue weighted by atomic mass is 10.1. The predicted octanol–water partition coefficient (Wildman–Crippen LogP) is 3.83. The third-order valence-electron chi connectivity index (χ3n) is 3.21. The van der Waals surface area contributed by atoms with Gasteiger partial charge < -0.3 is 4.90 Å². The first-order valence-corrected chi connectivity index (χ1v) is 6.92. The molecule has 0 radical (unpaired) electrons. The van der Waals surface area contributed by atoms with E-state index >= 15 is 0 Å². The van der Waals surface area contributed by atoms with Crippen LogP contribution >= 0.6 is 0 Å². The van der Waals surface area contributed by atoms with Gasteiger partial charge in [-0.2, -0.15) is 31.4 Å². The molecule has 0 saturated heterocycles. The van der Waals surface area contributed by atoms with Gasteiger partial charge in [-0.1, -0.05) is 12.1 Å². The summed E-state index contributed by atoms with van der Waals surface area (Å²) in [5.41, 5.74) is -1.65. The van der Waals surface area contributed by atoms with Gasteiger partial charge in [-0.05, 0) is 18.2 Å². The minimum atomic E-state index is -4.89. The molecule has 2 aromatic rings. The molecule has 136 valence electrons. The summed E-state index contributed by atoms with van der Waals surface area (Å²) in [5, 5.41) is 3.03. The zero-order chi connectivity index (χ0) is 19.0. The normalized spacial score (nSPS) is 12.3. The summed E-state index contributed by atoms with van der Waals surface area (Å²) in [7, 11) is 2.95. The van der Waals surface area contributed by atoms with Gasteiger partial charge in [0.15, 0.2) is 5.69 Å². The van der Waals surface area contributed by atoms with E-state index in [4.69, 9.17) is 0 Å². The van der Waals surface area contributed by atoms with E-state index in [2.05, 4.69) is 5.10 Å². The molecule has 0 spiro atoms. The lowest BCUT2D eigenvalue weighted by molar-refractivity contribution is -0.148. The first-order valence-electron chi connectivity index (χ1n) is 6.92. The van der Waals surface area contributed by atoms with E-state index in [1.165, 1.54) is 43.3 Å². The second-order valence-electron chi connectivity index (χ2n) is 5.47. The number of aromatic nitrogens is 2. The number of carbonyl (C=O) groups excluding carboxylic acids is 1. The summed E-state index contributed by atoms with van der Waals surface area (Å²) < 4.78 is 76.7. The number of carbonyl (C=O) groups is 1. The fourth-order valence-electron chi connectivity index (χ4n) is 2.15. The summed E-state index contributed by atoms with van der Waals surface area (Å²) in [6, 6.07) is 5.87. The van der Waals surface area contributed by atoms with Crippen LogP contribution in [-0.2, 0) is 12.7 Å². The fraction of sp³-hybridized carbons (Fsp3) is 0.333. The molecule has 0 N–H and O–H groups in total. The maximum Gasteiger partial charge on any atom is 0.435 e. The van der Waals surface area contributed by atoms with Crippen molar-refractivity contribution in [1.29, 1.82) is 0 Å². The predicted molar refractivity (Wildman–Crippen MR) is 76.7 cm³/mol. The van der Waals surface area contributed by atoms with Gasteiger partial charge in [0.25, 0.3) is 5.91 Å². The summed E-state index contributed by atoms with van der Waals surface area (Å²) in [5.74, 6) is -0.431. The van der Waals surface area contributed by atoms with Crippen LogP contribution in [-0.4, -0.2) is 40.9 Å². The number of benzene rings is 1. The molecule has 25 heavy (non-hydrogen) atoms. The van der Waals surface area contributed by atoms with Gasteiger partial charge in [0.1, 0.15) is 6.54 Å². The van der Waals surface area contributed by atoms with Crippen LogP contribution in [0.1, 0.15) is 16.1 Å². The topological polar surface area (TPSA) is 38.1 Å². The molecule has 0 fully saturated rings. The highest BCUT2D eigenvalue weighted by Gasteiger charge is 2.37. The minimum absolute atomic E-state index is 0.0277. The summed E-state index contributed by atoms with van der Waals surface area (Å²) in [4.78, 5) is 13.2. The Morgan fingerprint density at radius 3 is 2.28 bits per heavy atom. The van der Waals surface area contributed by atoms with Crippen molar-refractivity contribution in [3.63, 3.8) is 0 Å². The first-order chi connectivity index (χ1) is 11.4. The highest BCUT2D eigenvalue weighted by atomic mass is 19.4. The van der Waals surface area contributed by atoms with Crippen molar-refractivity contribution in [2.75, 3.05) is 14.1 Å². The number of rotatable bonds is 3. The van der Waals surface area contributed by atoms with E-state index in [9.17, 15) is 31.1 Å². The first kappa shape index (κ1) is 18.8. The van der Waals surface area contributed by atoms with Crippen molar-refractivity contribution in [3.8, 4) is 11.3 Å². The fourth-order valence-corrected chi connectivity index (χ4v) is 2.15. The van der Waals surface area contributed by atoms with Crippen molar-refractivity contribution in [2.45, 2.75) is 18.9 Å². The standard InChI is InChI=1S/C15H13F6N3O/c1-23(2)13(25)10-5-3-4-9(6-10)11-7-12(15(19,20)21)22-24(11)8-14(16,17)18/h3-7H,8H2,1-2H3. The Kier molecular flexibility index (Phi) is 4.83. The maximum atomic E-state index is 12.8. The molecular weight excluding hydrogens is 352 g/mol. The number of alkyl halides is 6. The van der Waals surface area contributed by atoms with Crippen molar-refractivity contribution >= 4 is 5.91 Å². The van der Waals surface area contributed by atoms with Crippen LogP contribution in [0.5, 0.6) is 0 Å². The highest BCUT2D eigenvalue weighted by Crippen LogP contribution is 2.33. The Bertz CT molecular complexity index is 776. The van der Waals surface area contributed by atoms with Crippen molar-refractivity contribution in [2.24, 2.45) is 0 Å². The Hall–Kier alpha value is -2.52. The molecule has 1 heterocycles. The molecule has 1 amide bonds. The number of hydrogen-bond donors (Lipinski definition) is 0. The van der Waals surface area contributed by atoms with E-state index in [0.717, 1.165) is 0 Å². The Balaban J connectivity index is 2.55. The SMILES string of the molecule is CN(C)C(=O)c1cccc(-c2cc(C(F)(F)F)nn2CC(F)(F)F)c1. The summed E-state index contributed by atoms with van der Waals surface area (Å²) in [6.45, 7) is -1.68. The second-order valence-corrected chi connectivity index (χ2v) is 5.47. The Morgan fingerprint density at radius 2 is 1.76 bits per heavy atom. The van der Waals surface area contributed by atoms with E-state index in [1.54, 1.807) is 0 Å². The average Bonchev–Trinajstić information content (AvgIpc) is 2.88. The molecule has 4 nitrogen and oxygen atoms in total. The maximum absolute atomic E-state index is 12.8. The second kappa shape index (κ2) is 6.41. The Morgan fingerprint density at radius 1 is 1.12 bits per heavy atom. The number of halogens is 6. The van der Waals surface area contributed by atoms with E-state index in [0.29, 0.717) is 6.07 Å². The highest BCUT2D eigenvalue weighted by molar-refractivity contribution is 5.95. The van der Waals surface area contributed by atoms with E-state index in [-0.39, 0.29) is 21.5 Å². The number of amides is 1. The average molecular weight is 365 g/mol. The van der Waals surface area contributed by atoms with Gasteiger partial charge in [-0.3, -0.25) is 9.48 Å². The van der Waals surface area contributed by atoms with Crippen LogP contribution in [0.3, 0.4) is 0 Å². The van der Waals surface area contributed by atoms with Gasteiger partial charge in [0.05, 0.1) is 5.69 Å². The Labute approximate surface area is 138 Å². The monoisotopic (exact) mass is 365 g/mol. The molecule has 0 atom stereocenters. The molecule has 0 aliphatic carbocycles. The quantitative estimate of drug-likeness (QED) is 0.776. The lowest BCUT2D eigenvalue weighted by Gasteiger charge is -2.13. The van der Waals surface area contributed by atoms with Crippen LogP contribution < -0.4 is 0 Å². The molecule has 1 aromatic heterocycles. The molecule has 0 saturated carbocycles. The summed E-state index contributed by atoms with van der Waals surface area (Å²) >= 11 is 0. The van der Waals surface area contributed by atoms with Gasteiger partial charge in [-0.25, -0.2) is 0 Å². The van der Waals surface area contributed by atoms with Gasteiger partial charge in [0.2, 0.25) is 0 Å². The van der Waals surface area contributed by atoms with Crippen LogP contribution in [0.2, 0.25) is 0 Å². The van der Waals surface area contributed by atoms with Crippen LogP contribution in [0.4, 0.5) is 26.3 Å². The minimum Gasteiger partial charge on any atom is -0.345 e. The van der Waals surface area contributed by atoms with Crippen LogP contribution in [0.15, 0.2) is 30.3 Å². The third kappa shape index (κ3) is 4.52. The van der Waals surface area contributed by atoms with Gasteiger partial charge in [0, 0.05) is 25.2 Å². The number of hydrogen-bond acceptors (Lipinski definition) is 2. The molecular formula is C15H13F6N3O. The molecule has 0 unspecified atom stereocenters. The third-order valence-corrected chi connectivity index (χ3v) is 3.21. The largest absolute Gasteiger partial charge is 0.435 e. The van der Waals surface area contributed by atoms with Crippen LogP contribution in [0.25, 0.3) is 11.3 Å². The van der Waals surface area contributed by atoms with Crippen molar-refractivity contribution < 1.29 is 31.1 Å². The smallest absolute Gasteiger partial charge is 0.345 e. The molecule has 0 aliphatic heterocycles. The number of nitrogens with zero attached hydrogens (tertiary/aromatic N) is 3. The molecule has 2 rings (SSSR count). The molecule has 1 aromatic carbocycles. The molecule has 0 bridgehead atoms. The molecule has 10 heteroatoms. The van der Waals surface area contributed by atoms with E-state index in [1.807, 2.05) is 0 Å².